The Kier molecular flexibility index (Phi) is 6.23. The fourth-order valence-corrected chi connectivity index (χ4v) is 3.84. The summed E-state index contributed by atoms with van der Waals surface area (Å²) in [5.74, 6) is 1.43. The van der Waals surface area contributed by atoms with Crippen LogP contribution in [0.1, 0.15) is 42.8 Å². The summed E-state index contributed by atoms with van der Waals surface area (Å²) < 4.78 is 5.45. The average molecular weight is 405 g/mol. The molecule has 0 spiro atoms. The molecule has 0 bridgehead atoms. The van der Waals surface area contributed by atoms with Crippen LogP contribution in [0.25, 0.3) is 11.4 Å². The zero-order chi connectivity index (χ0) is 20.9. The van der Waals surface area contributed by atoms with E-state index in [0.29, 0.717) is 18.3 Å². The first-order valence-corrected chi connectivity index (χ1v) is 10.6. The Bertz CT molecular complexity index is 960. The molecular formula is C24H28N4O2. The molecule has 1 saturated heterocycles. The monoisotopic (exact) mass is 404 g/mol. The second-order valence-electron chi connectivity index (χ2n) is 8.07. The SMILES string of the molecule is Cc1ccc(-c2noc(CN3CCC(C(=O)NC(C)c4ccccc4)CC3)n2)cc1. The molecule has 0 aliphatic carbocycles. The van der Waals surface area contributed by atoms with Crippen molar-refractivity contribution in [2.24, 2.45) is 5.92 Å². The van der Waals surface area contributed by atoms with Gasteiger partial charge < -0.3 is 9.84 Å². The van der Waals surface area contributed by atoms with Crippen molar-refractivity contribution in [3.05, 3.63) is 71.6 Å². The molecule has 1 amide bonds. The lowest BCUT2D eigenvalue weighted by Gasteiger charge is -2.30. The first-order valence-electron chi connectivity index (χ1n) is 10.6. The number of hydrogen-bond donors (Lipinski definition) is 1. The molecule has 30 heavy (non-hydrogen) atoms. The number of likely N-dealkylation sites (tertiary alicyclic amines) is 1. The molecule has 1 unspecified atom stereocenters. The molecule has 1 fully saturated rings. The van der Waals surface area contributed by atoms with Gasteiger partial charge >= 0.3 is 0 Å². The Morgan fingerprint density at radius 2 is 1.83 bits per heavy atom. The van der Waals surface area contributed by atoms with Crippen molar-refractivity contribution in [1.82, 2.24) is 20.4 Å². The van der Waals surface area contributed by atoms with Crippen LogP contribution in [0.3, 0.4) is 0 Å². The van der Waals surface area contributed by atoms with Gasteiger partial charge in [0.15, 0.2) is 0 Å². The highest BCUT2D eigenvalue weighted by Crippen LogP contribution is 2.22. The van der Waals surface area contributed by atoms with E-state index in [9.17, 15) is 4.79 Å². The summed E-state index contributed by atoms with van der Waals surface area (Å²) in [7, 11) is 0. The molecule has 3 aromatic rings. The van der Waals surface area contributed by atoms with Crippen LogP contribution in [-0.2, 0) is 11.3 Å². The average Bonchev–Trinajstić information content (AvgIpc) is 3.23. The highest BCUT2D eigenvalue weighted by atomic mass is 16.5. The lowest BCUT2D eigenvalue weighted by Crippen LogP contribution is -2.40. The van der Waals surface area contributed by atoms with Crippen LogP contribution in [0.4, 0.5) is 0 Å². The second-order valence-corrected chi connectivity index (χ2v) is 8.07. The fraction of sp³-hybridized carbons (Fsp3) is 0.375. The maximum absolute atomic E-state index is 12.7. The summed E-state index contributed by atoms with van der Waals surface area (Å²) in [5, 5.41) is 7.27. The predicted octanol–water partition coefficient (Wildman–Crippen LogP) is 4.13. The number of rotatable bonds is 6. The van der Waals surface area contributed by atoms with Crippen molar-refractivity contribution in [2.75, 3.05) is 13.1 Å². The van der Waals surface area contributed by atoms with E-state index < -0.39 is 0 Å². The van der Waals surface area contributed by atoms with Crippen LogP contribution >= 0.6 is 0 Å². The molecular weight excluding hydrogens is 376 g/mol. The normalized spacial score (nSPS) is 16.3. The van der Waals surface area contributed by atoms with E-state index >= 15 is 0 Å². The van der Waals surface area contributed by atoms with Gasteiger partial charge in [0.05, 0.1) is 12.6 Å². The molecule has 1 atom stereocenters. The minimum Gasteiger partial charge on any atom is -0.349 e. The molecule has 2 aromatic carbocycles. The van der Waals surface area contributed by atoms with Gasteiger partial charge in [-0.15, -0.1) is 0 Å². The number of nitrogens with one attached hydrogen (secondary N) is 1. The molecule has 1 aliphatic rings. The van der Waals surface area contributed by atoms with E-state index in [0.717, 1.165) is 37.1 Å². The van der Waals surface area contributed by atoms with Crippen LogP contribution in [0.2, 0.25) is 0 Å². The summed E-state index contributed by atoms with van der Waals surface area (Å²) in [4.78, 5) is 19.5. The zero-order valence-electron chi connectivity index (χ0n) is 17.5. The van der Waals surface area contributed by atoms with Gasteiger partial charge in [-0.2, -0.15) is 4.98 Å². The third-order valence-corrected chi connectivity index (χ3v) is 5.75. The van der Waals surface area contributed by atoms with Gasteiger partial charge in [-0.1, -0.05) is 65.3 Å². The van der Waals surface area contributed by atoms with Gasteiger partial charge in [0.25, 0.3) is 0 Å². The van der Waals surface area contributed by atoms with Crippen LogP contribution in [0.5, 0.6) is 0 Å². The van der Waals surface area contributed by atoms with Gasteiger partial charge in [0.2, 0.25) is 17.6 Å². The molecule has 6 heteroatoms. The number of aryl methyl sites for hydroxylation is 1. The van der Waals surface area contributed by atoms with Crippen molar-refractivity contribution in [3.8, 4) is 11.4 Å². The number of benzene rings is 2. The van der Waals surface area contributed by atoms with Crippen LogP contribution in [0, 0.1) is 12.8 Å². The quantitative estimate of drug-likeness (QED) is 0.669. The van der Waals surface area contributed by atoms with Crippen molar-refractivity contribution >= 4 is 5.91 Å². The summed E-state index contributed by atoms with van der Waals surface area (Å²) in [6.07, 6.45) is 1.68. The van der Waals surface area contributed by atoms with Crippen molar-refractivity contribution in [3.63, 3.8) is 0 Å². The second kappa shape index (κ2) is 9.22. The van der Waals surface area contributed by atoms with E-state index in [1.807, 2.05) is 61.5 Å². The first-order chi connectivity index (χ1) is 14.6. The summed E-state index contributed by atoms with van der Waals surface area (Å²) in [5.41, 5.74) is 3.29. The molecule has 0 radical (unpaired) electrons. The van der Waals surface area contributed by atoms with Crippen LogP contribution in [0.15, 0.2) is 59.1 Å². The number of hydrogen-bond acceptors (Lipinski definition) is 5. The van der Waals surface area contributed by atoms with Gasteiger partial charge in [-0.25, -0.2) is 0 Å². The van der Waals surface area contributed by atoms with Gasteiger partial charge in [0.1, 0.15) is 0 Å². The number of carbonyl (C=O) groups is 1. The Labute approximate surface area is 177 Å². The van der Waals surface area contributed by atoms with E-state index in [-0.39, 0.29) is 17.9 Å². The van der Waals surface area contributed by atoms with Crippen molar-refractivity contribution in [2.45, 2.75) is 39.3 Å². The Morgan fingerprint density at radius 3 is 2.53 bits per heavy atom. The highest BCUT2D eigenvalue weighted by Gasteiger charge is 2.27. The van der Waals surface area contributed by atoms with Crippen LogP contribution < -0.4 is 5.32 Å². The first kappa shape index (κ1) is 20.3. The Morgan fingerprint density at radius 1 is 1.13 bits per heavy atom. The minimum atomic E-state index is 0.0234. The number of aromatic nitrogens is 2. The topological polar surface area (TPSA) is 71.3 Å². The summed E-state index contributed by atoms with van der Waals surface area (Å²) >= 11 is 0. The Balaban J connectivity index is 1.27. The van der Waals surface area contributed by atoms with Gasteiger partial charge in [-0.05, 0) is 45.3 Å². The maximum Gasteiger partial charge on any atom is 0.241 e. The smallest absolute Gasteiger partial charge is 0.241 e. The number of carbonyl (C=O) groups excluding carboxylic acids is 1. The predicted molar refractivity (Wildman–Crippen MR) is 115 cm³/mol. The minimum absolute atomic E-state index is 0.0234. The van der Waals surface area contributed by atoms with Crippen molar-refractivity contribution in [1.29, 1.82) is 0 Å². The molecule has 1 aliphatic heterocycles. The van der Waals surface area contributed by atoms with Gasteiger partial charge in [-0.3, -0.25) is 9.69 Å². The van der Waals surface area contributed by atoms with E-state index in [2.05, 4.69) is 27.3 Å². The lowest BCUT2D eigenvalue weighted by atomic mass is 9.95. The van der Waals surface area contributed by atoms with E-state index in [4.69, 9.17) is 4.52 Å². The van der Waals surface area contributed by atoms with Gasteiger partial charge in [0, 0.05) is 11.5 Å². The maximum atomic E-state index is 12.7. The number of piperidine rings is 1. The Hall–Kier alpha value is -2.99. The molecule has 1 N–H and O–H groups in total. The van der Waals surface area contributed by atoms with E-state index in [1.165, 1.54) is 5.56 Å². The largest absolute Gasteiger partial charge is 0.349 e. The molecule has 4 rings (SSSR count). The highest BCUT2D eigenvalue weighted by molar-refractivity contribution is 5.79. The zero-order valence-corrected chi connectivity index (χ0v) is 17.5. The molecule has 156 valence electrons. The molecule has 0 saturated carbocycles. The van der Waals surface area contributed by atoms with E-state index in [1.54, 1.807) is 0 Å². The molecule has 6 nitrogen and oxygen atoms in total. The number of nitrogens with zero attached hydrogens (tertiary/aromatic N) is 3. The summed E-state index contributed by atoms with van der Waals surface area (Å²) in [6, 6.07) is 18.2. The van der Waals surface area contributed by atoms with Crippen molar-refractivity contribution < 1.29 is 9.32 Å². The standard InChI is InChI=1S/C24H28N4O2/c1-17-8-10-20(11-9-17)23-26-22(30-27-23)16-28-14-12-21(13-15-28)24(29)25-18(2)19-6-4-3-5-7-19/h3-11,18,21H,12-16H2,1-2H3,(H,25,29). The fourth-order valence-electron chi connectivity index (χ4n) is 3.84. The molecule has 2 heterocycles. The lowest BCUT2D eigenvalue weighted by molar-refractivity contribution is -0.127. The number of amides is 1. The third-order valence-electron chi connectivity index (χ3n) is 5.75. The third kappa shape index (κ3) is 4.94. The molecule has 1 aromatic heterocycles. The summed E-state index contributed by atoms with van der Waals surface area (Å²) in [6.45, 7) is 6.40. The van der Waals surface area contributed by atoms with Crippen LogP contribution in [-0.4, -0.2) is 34.0 Å².